The fraction of sp³-hybridized carbons (Fsp3) is 0.154. The minimum Gasteiger partial charge on any atom is -0.361 e. The number of hydrogen-bond donors (Lipinski definition) is 1. The Morgan fingerprint density at radius 3 is 3.00 bits per heavy atom. The van der Waals surface area contributed by atoms with Crippen LogP contribution in [0.2, 0.25) is 0 Å². The van der Waals surface area contributed by atoms with Gasteiger partial charge in [0.1, 0.15) is 0 Å². The van der Waals surface area contributed by atoms with E-state index in [-0.39, 0.29) is 5.78 Å². The second kappa shape index (κ2) is 4.13. The Morgan fingerprint density at radius 1 is 1.40 bits per heavy atom. The van der Waals surface area contributed by atoms with Crippen molar-refractivity contribution in [1.82, 2.24) is 4.98 Å². The predicted molar refractivity (Wildman–Crippen MR) is 62.6 cm³/mol. The minimum absolute atomic E-state index is 0.153. The zero-order chi connectivity index (χ0) is 10.7. The highest BCUT2D eigenvalue weighted by Crippen LogP contribution is 2.18. The van der Waals surface area contributed by atoms with Crippen LogP contribution < -0.4 is 0 Å². The molecule has 2 aromatic rings. The molecular weight excluding hydrogens is 186 g/mol. The van der Waals surface area contributed by atoms with Gasteiger partial charge in [-0.2, -0.15) is 0 Å². The Balaban J connectivity index is 2.36. The van der Waals surface area contributed by atoms with Gasteiger partial charge in [-0.3, -0.25) is 4.79 Å². The zero-order valence-corrected chi connectivity index (χ0v) is 8.66. The van der Waals surface area contributed by atoms with Gasteiger partial charge in [-0.15, -0.1) is 0 Å². The normalized spacial score (nSPS) is 11.3. The van der Waals surface area contributed by atoms with Crippen molar-refractivity contribution in [3.63, 3.8) is 0 Å². The monoisotopic (exact) mass is 199 g/mol. The van der Waals surface area contributed by atoms with E-state index >= 15 is 0 Å². The van der Waals surface area contributed by atoms with Crippen LogP contribution in [-0.2, 0) is 4.79 Å². The van der Waals surface area contributed by atoms with Gasteiger partial charge in [-0.1, -0.05) is 25.1 Å². The van der Waals surface area contributed by atoms with Crippen LogP contribution >= 0.6 is 0 Å². The molecule has 1 N–H and O–H groups in total. The van der Waals surface area contributed by atoms with Crippen LogP contribution in [0.4, 0.5) is 0 Å². The molecule has 15 heavy (non-hydrogen) atoms. The molecule has 0 atom stereocenters. The summed E-state index contributed by atoms with van der Waals surface area (Å²) in [6, 6.07) is 8.05. The molecule has 1 heterocycles. The highest BCUT2D eigenvalue weighted by Gasteiger charge is 1.99. The van der Waals surface area contributed by atoms with Crippen molar-refractivity contribution in [2.75, 3.05) is 0 Å². The number of rotatable bonds is 3. The number of para-hydroxylation sites is 1. The first kappa shape index (κ1) is 9.71. The molecule has 0 fully saturated rings. The van der Waals surface area contributed by atoms with Gasteiger partial charge in [0.2, 0.25) is 0 Å². The summed E-state index contributed by atoms with van der Waals surface area (Å²) in [4.78, 5) is 14.3. The van der Waals surface area contributed by atoms with Crippen molar-refractivity contribution < 1.29 is 4.79 Å². The predicted octanol–water partition coefficient (Wildman–Crippen LogP) is 3.16. The van der Waals surface area contributed by atoms with Gasteiger partial charge >= 0.3 is 0 Å². The van der Waals surface area contributed by atoms with Crippen molar-refractivity contribution in [3.8, 4) is 0 Å². The molecule has 76 valence electrons. The molecule has 0 unspecified atom stereocenters. The average Bonchev–Trinajstić information content (AvgIpc) is 2.69. The number of fused-ring (bicyclic) bond motifs is 1. The van der Waals surface area contributed by atoms with E-state index < -0.39 is 0 Å². The van der Waals surface area contributed by atoms with Gasteiger partial charge in [0.05, 0.1) is 0 Å². The molecule has 2 heteroatoms. The molecule has 0 spiro atoms. The lowest BCUT2D eigenvalue weighted by molar-refractivity contribution is -0.114. The number of H-pyrrole nitrogens is 1. The van der Waals surface area contributed by atoms with Gasteiger partial charge in [0, 0.05) is 23.5 Å². The standard InChI is InChI=1S/C13H13NO/c1-2-11(15)8-7-10-9-14-13-6-4-3-5-12(10)13/h3-9,14H,2H2,1H3/b8-7+. The maximum absolute atomic E-state index is 11.1. The third-order valence-electron chi connectivity index (χ3n) is 2.42. The molecule has 0 aliphatic carbocycles. The second-order valence-electron chi connectivity index (χ2n) is 3.44. The first-order valence-corrected chi connectivity index (χ1v) is 5.08. The molecule has 1 aromatic heterocycles. The fourth-order valence-corrected chi connectivity index (χ4v) is 1.53. The summed E-state index contributed by atoms with van der Waals surface area (Å²) in [5, 5.41) is 1.15. The first-order valence-electron chi connectivity index (χ1n) is 5.08. The molecule has 1 aromatic carbocycles. The van der Waals surface area contributed by atoms with Crippen molar-refractivity contribution in [2.45, 2.75) is 13.3 Å². The molecule has 0 aliphatic heterocycles. The molecular formula is C13H13NO. The van der Waals surface area contributed by atoms with Crippen LogP contribution in [0.5, 0.6) is 0 Å². The Kier molecular flexibility index (Phi) is 2.68. The Bertz CT molecular complexity index is 508. The van der Waals surface area contributed by atoms with Crippen LogP contribution in [-0.4, -0.2) is 10.8 Å². The number of aromatic nitrogens is 1. The summed E-state index contributed by atoms with van der Waals surface area (Å²) >= 11 is 0. The fourth-order valence-electron chi connectivity index (χ4n) is 1.53. The zero-order valence-electron chi connectivity index (χ0n) is 8.66. The number of ketones is 1. The summed E-state index contributed by atoms with van der Waals surface area (Å²) in [6.07, 6.45) is 5.98. The van der Waals surface area contributed by atoms with Crippen LogP contribution in [0.1, 0.15) is 18.9 Å². The van der Waals surface area contributed by atoms with Gasteiger partial charge in [0.15, 0.2) is 5.78 Å². The maximum Gasteiger partial charge on any atom is 0.155 e. The molecule has 0 bridgehead atoms. The molecule has 0 saturated heterocycles. The smallest absolute Gasteiger partial charge is 0.155 e. The van der Waals surface area contributed by atoms with Crippen molar-refractivity contribution in [3.05, 3.63) is 42.1 Å². The number of nitrogens with one attached hydrogen (secondary N) is 1. The number of hydrogen-bond acceptors (Lipinski definition) is 1. The maximum atomic E-state index is 11.1. The van der Waals surface area contributed by atoms with Gasteiger partial charge in [-0.05, 0) is 23.8 Å². The largest absolute Gasteiger partial charge is 0.361 e. The van der Waals surface area contributed by atoms with E-state index in [0.717, 1.165) is 16.5 Å². The average molecular weight is 199 g/mol. The second-order valence-corrected chi connectivity index (χ2v) is 3.44. The van der Waals surface area contributed by atoms with Gasteiger partial charge in [-0.25, -0.2) is 0 Å². The van der Waals surface area contributed by atoms with Crippen molar-refractivity contribution >= 4 is 22.8 Å². The summed E-state index contributed by atoms with van der Waals surface area (Å²) in [5.74, 6) is 0.153. The number of aromatic amines is 1. The quantitative estimate of drug-likeness (QED) is 0.757. The Hall–Kier alpha value is -1.83. The Labute approximate surface area is 88.6 Å². The summed E-state index contributed by atoms with van der Waals surface area (Å²) < 4.78 is 0. The number of carbonyl (C=O) groups is 1. The SMILES string of the molecule is CCC(=O)/C=C/c1c[nH]c2ccccc12. The minimum atomic E-state index is 0.153. The molecule has 0 amide bonds. The summed E-state index contributed by atoms with van der Waals surface area (Å²) in [6.45, 7) is 1.86. The summed E-state index contributed by atoms with van der Waals surface area (Å²) in [5.41, 5.74) is 2.16. The van der Waals surface area contributed by atoms with Gasteiger partial charge < -0.3 is 4.98 Å². The van der Waals surface area contributed by atoms with E-state index in [4.69, 9.17) is 0 Å². The molecule has 0 saturated carbocycles. The van der Waals surface area contributed by atoms with Crippen LogP contribution in [0.15, 0.2) is 36.5 Å². The van der Waals surface area contributed by atoms with Crippen molar-refractivity contribution in [1.29, 1.82) is 0 Å². The third-order valence-corrected chi connectivity index (χ3v) is 2.42. The number of benzene rings is 1. The highest BCUT2D eigenvalue weighted by atomic mass is 16.1. The van der Waals surface area contributed by atoms with Gasteiger partial charge in [0.25, 0.3) is 0 Å². The molecule has 0 aliphatic rings. The lowest BCUT2D eigenvalue weighted by Crippen LogP contribution is -1.86. The van der Waals surface area contributed by atoms with Crippen LogP contribution in [0.3, 0.4) is 0 Å². The molecule has 2 rings (SSSR count). The molecule has 2 nitrogen and oxygen atoms in total. The first-order chi connectivity index (χ1) is 7.31. The lowest BCUT2D eigenvalue weighted by Gasteiger charge is -1.90. The van der Waals surface area contributed by atoms with E-state index in [1.54, 1.807) is 6.08 Å². The van der Waals surface area contributed by atoms with E-state index in [1.807, 2.05) is 43.5 Å². The van der Waals surface area contributed by atoms with E-state index in [2.05, 4.69) is 4.98 Å². The third kappa shape index (κ3) is 1.99. The number of allylic oxidation sites excluding steroid dienone is 1. The summed E-state index contributed by atoms with van der Waals surface area (Å²) in [7, 11) is 0. The van der Waals surface area contributed by atoms with Crippen LogP contribution in [0, 0.1) is 0 Å². The van der Waals surface area contributed by atoms with E-state index in [9.17, 15) is 4.79 Å². The molecule has 0 radical (unpaired) electrons. The highest BCUT2D eigenvalue weighted by molar-refractivity contribution is 5.97. The lowest BCUT2D eigenvalue weighted by atomic mass is 10.1. The van der Waals surface area contributed by atoms with Crippen molar-refractivity contribution in [2.24, 2.45) is 0 Å². The Morgan fingerprint density at radius 2 is 2.20 bits per heavy atom. The van der Waals surface area contributed by atoms with Crippen LogP contribution in [0.25, 0.3) is 17.0 Å². The van der Waals surface area contributed by atoms with E-state index in [1.165, 1.54) is 0 Å². The number of carbonyl (C=O) groups excluding carboxylic acids is 1. The topological polar surface area (TPSA) is 32.9 Å². The van der Waals surface area contributed by atoms with E-state index in [0.29, 0.717) is 6.42 Å².